The minimum absolute atomic E-state index is 0.00889. The number of allylic oxidation sites excluding steroid dienone is 4. The molecule has 0 fully saturated rings. The van der Waals surface area contributed by atoms with Gasteiger partial charge in [0.2, 0.25) is 0 Å². The lowest BCUT2D eigenvalue weighted by atomic mass is 9.96. The zero-order chi connectivity index (χ0) is 11.7. The molecule has 1 atom stereocenters. The second-order valence-corrected chi connectivity index (χ2v) is 4.04. The van der Waals surface area contributed by atoms with Crippen LogP contribution in [0.5, 0.6) is 5.75 Å². The van der Waals surface area contributed by atoms with Gasteiger partial charge in [0.05, 0.1) is 6.26 Å². The van der Waals surface area contributed by atoms with E-state index in [1.54, 1.807) is 12.3 Å². The van der Waals surface area contributed by atoms with Crippen molar-refractivity contribution in [2.75, 3.05) is 0 Å². The maximum absolute atomic E-state index is 9.80. The van der Waals surface area contributed by atoms with E-state index in [0.29, 0.717) is 0 Å². The monoisotopic (exact) mass is 224 g/mol. The molecule has 0 saturated carbocycles. The predicted octanol–water partition coefficient (Wildman–Crippen LogP) is 3.18. The highest BCUT2D eigenvalue weighted by atomic mass is 16.5. The standard InChI is InChI=1S/C15H12O2/c16-14-7-3-2-6-13(14)12-9-11-5-1-4-8-15(11)17-10-12/h1-10,15-16H. The summed E-state index contributed by atoms with van der Waals surface area (Å²) in [5.41, 5.74) is 2.80. The van der Waals surface area contributed by atoms with Crippen molar-refractivity contribution in [3.8, 4) is 5.75 Å². The summed E-state index contributed by atoms with van der Waals surface area (Å²) in [4.78, 5) is 0. The van der Waals surface area contributed by atoms with E-state index in [9.17, 15) is 5.11 Å². The molecule has 0 aromatic heterocycles. The maximum atomic E-state index is 9.80. The highest BCUT2D eigenvalue weighted by molar-refractivity contribution is 5.79. The van der Waals surface area contributed by atoms with E-state index < -0.39 is 0 Å². The average Bonchev–Trinajstić information content (AvgIpc) is 2.39. The van der Waals surface area contributed by atoms with Crippen LogP contribution in [-0.4, -0.2) is 11.2 Å². The molecule has 0 amide bonds. The minimum atomic E-state index is 0.00889. The van der Waals surface area contributed by atoms with E-state index in [1.165, 1.54) is 0 Å². The lowest BCUT2D eigenvalue weighted by Crippen LogP contribution is -2.14. The number of phenolic OH excluding ortho intramolecular Hbond substituents is 1. The van der Waals surface area contributed by atoms with E-state index in [2.05, 4.69) is 0 Å². The van der Waals surface area contributed by atoms with Gasteiger partial charge < -0.3 is 9.84 Å². The van der Waals surface area contributed by atoms with Crippen molar-refractivity contribution in [2.45, 2.75) is 6.10 Å². The Hall–Kier alpha value is -2.22. The largest absolute Gasteiger partial charge is 0.507 e. The third-order valence-electron chi connectivity index (χ3n) is 2.89. The topological polar surface area (TPSA) is 29.5 Å². The van der Waals surface area contributed by atoms with Crippen molar-refractivity contribution in [1.29, 1.82) is 0 Å². The first kappa shape index (κ1) is 9.97. The molecule has 0 bridgehead atoms. The van der Waals surface area contributed by atoms with Crippen LogP contribution in [0.15, 0.2) is 66.5 Å². The first-order valence-corrected chi connectivity index (χ1v) is 5.55. The van der Waals surface area contributed by atoms with Gasteiger partial charge in [-0.1, -0.05) is 36.4 Å². The number of fused-ring (bicyclic) bond motifs is 1. The number of rotatable bonds is 1. The molecule has 1 heterocycles. The zero-order valence-electron chi connectivity index (χ0n) is 9.21. The van der Waals surface area contributed by atoms with Gasteiger partial charge in [-0.2, -0.15) is 0 Å². The first-order valence-electron chi connectivity index (χ1n) is 5.55. The van der Waals surface area contributed by atoms with Crippen LogP contribution in [0, 0.1) is 0 Å². The molecule has 84 valence electrons. The zero-order valence-corrected chi connectivity index (χ0v) is 9.21. The van der Waals surface area contributed by atoms with Gasteiger partial charge >= 0.3 is 0 Å². The molecule has 0 spiro atoms. The quantitative estimate of drug-likeness (QED) is 0.793. The number of aromatic hydroxyl groups is 1. The molecule has 2 aliphatic rings. The Bertz CT molecular complexity index is 562. The second kappa shape index (κ2) is 3.98. The summed E-state index contributed by atoms with van der Waals surface area (Å²) >= 11 is 0. The molecule has 1 unspecified atom stereocenters. The smallest absolute Gasteiger partial charge is 0.141 e. The van der Waals surface area contributed by atoms with Crippen molar-refractivity contribution >= 4 is 5.57 Å². The van der Waals surface area contributed by atoms with Gasteiger partial charge in [0.1, 0.15) is 11.9 Å². The van der Waals surface area contributed by atoms with E-state index >= 15 is 0 Å². The van der Waals surface area contributed by atoms with E-state index in [0.717, 1.165) is 16.7 Å². The normalized spacial score (nSPS) is 21.3. The highest BCUT2D eigenvalue weighted by Crippen LogP contribution is 2.31. The van der Waals surface area contributed by atoms with Crippen molar-refractivity contribution in [2.24, 2.45) is 0 Å². The second-order valence-electron chi connectivity index (χ2n) is 4.04. The van der Waals surface area contributed by atoms with Crippen LogP contribution in [-0.2, 0) is 4.74 Å². The molecule has 1 aliphatic carbocycles. The lowest BCUT2D eigenvalue weighted by molar-refractivity contribution is 0.218. The SMILES string of the molecule is Oc1ccccc1C1=COC2C=CC=CC2=C1. The molecule has 3 rings (SSSR count). The first-order chi connectivity index (χ1) is 8.34. The van der Waals surface area contributed by atoms with Crippen LogP contribution in [0.1, 0.15) is 5.56 Å². The molecule has 17 heavy (non-hydrogen) atoms. The summed E-state index contributed by atoms with van der Waals surface area (Å²) in [7, 11) is 0. The number of phenols is 1. The summed E-state index contributed by atoms with van der Waals surface area (Å²) < 4.78 is 5.62. The van der Waals surface area contributed by atoms with Crippen molar-refractivity contribution in [1.82, 2.24) is 0 Å². The molecule has 0 radical (unpaired) electrons. The van der Waals surface area contributed by atoms with E-state index in [1.807, 2.05) is 48.6 Å². The summed E-state index contributed by atoms with van der Waals surface area (Å²) in [6.45, 7) is 0. The molecule has 0 saturated heterocycles. The Balaban J connectivity index is 2.00. The minimum Gasteiger partial charge on any atom is -0.507 e. The van der Waals surface area contributed by atoms with Crippen LogP contribution >= 0.6 is 0 Å². The maximum Gasteiger partial charge on any atom is 0.141 e. The fourth-order valence-corrected chi connectivity index (χ4v) is 2.01. The third-order valence-corrected chi connectivity index (χ3v) is 2.89. The Kier molecular flexibility index (Phi) is 2.33. The van der Waals surface area contributed by atoms with Crippen LogP contribution < -0.4 is 0 Å². The number of hydrogen-bond donors (Lipinski definition) is 1. The van der Waals surface area contributed by atoms with Gasteiger partial charge in [-0.05, 0) is 23.8 Å². The predicted molar refractivity (Wildman–Crippen MR) is 67.3 cm³/mol. The Morgan fingerprint density at radius 1 is 1.12 bits per heavy atom. The number of hydrogen-bond acceptors (Lipinski definition) is 2. The van der Waals surface area contributed by atoms with Gasteiger partial charge in [-0.15, -0.1) is 0 Å². The molecule has 2 heteroatoms. The molecule has 2 nitrogen and oxygen atoms in total. The van der Waals surface area contributed by atoms with Crippen molar-refractivity contribution in [3.05, 3.63) is 72.0 Å². The van der Waals surface area contributed by atoms with Crippen molar-refractivity contribution in [3.63, 3.8) is 0 Å². The summed E-state index contributed by atoms with van der Waals surface area (Å²) in [6, 6.07) is 7.26. The van der Waals surface area contributed by atoms with Gasteiger partial charge in [0.15, 0.2) is 0 Å². The number of benzene rings is 1. The lowest BCUT2D eigenvalue weighted by Gasteiger charge is -2.22. The van der Waals surface area contributed by atoms with Crippen LogP contribution in [0.3, 0.4) is 0 Å². The molecule has 1 aromatic carbocycles. The Morgan fingerprint density at radius 3 is 2.88 bits per heavy atom. The molecule has 1 N–H and O–H groups in total. The van der Waals surface area contributed by atoms with Gasteiger partial charge in [-0.3, -0.25) is 0 Å². The third kappa shape index (κ3) is 1.78. The average molecular weight is 224 g/mol. The highest BCUT2D eigenvalue weighted by Gasteiger charge is 2.18. The molecule has 1 aliphatic heterocycles. The fraction of sp³-hybridized carbons (Fsp3) is 0.0667. The van der Waals surface area contributed by atoms with Crippen LogP contribution in [0.2, 0.25) is 0 Å². The van der Waals surface area contributed by atoms with Gasteiger partial charge in [-0.25, -0.2) is 0 Å². The van der Waals surface area contributed by atoms with Crippen LogP contribution in [0.25, 0.3) is 5.57 Å². The summed E-state index contributed by atoms with van der Waals surface area (Å²) in [6.07, 6.45) is 11.7. The Labute approximate surface area is 99.9 Å². The molecular formula is C15H12O2. The van der Waals surface area contributed by atoms with E-state index in [-0.39, 0.29) is 11.9 Å². The van der Waals surface area contributed by atoms with E-state index in [4.69, 9.17) is 4.74 Å². The number of ether oxygens (including phenoxy) is 1. The summed E-state index contributed by atoms with van der Waals surface area (Å²) in [5, 5.41) is 9.80. The van der Waals surface area contributed by atoms with Crippen LogP contribution in [0.4, 0.5) is 0 Å². The number of para-hydroxylation sites is 1. The molecule has 1 aromatic rings. The summed E-state index contributed by atoms with van der Waals surface area (Å²) in [5.74, 6) is 0.271. The fourth-order valence-electron chi connectivity index (χ4n) is 2.01. The van der Waals surface area contributed by atoms with Crippen molar-refractivity contribution < 1.29 is 9.84 Å². The molecular weight excluding hydrogens is 212 g/mol. The Morgan fingerprint density at radius 2 is 2.00 bits per heavy atom. The van der Waals surface area contributed by atoms with Gasteiger partial charge in [0.25, 0.3) is 0 Å². The van der Waals surface area contributed by atoms with Gasteiger partial charge in [0, 0.05) is 11.1 Å².